The molecule has 0 amide bonds. The highest BCUT2D eigenvalue weighted by atomic mass is 19.4. The van der Waals surface area contributed by atoms with E-state index in [2.05, 4.69) is 25.4 Å². The number of nitrogens with zero attached hydrogens (tertiary/aromatic N) is 5. The van der Waals surface area contributed by atoms with Crippen LogP contribution in [0.15, 0.2) is 29.6 Å². The van der Waals surface area contributed by atoms with E-state index in [0.29, 0.717) is 12.4 Å². The molecule has 0 aromatic carbocycles. The third kappa shape index (κ3) is 7.19. The van der Waals surface area contributed by atoms with Gasteiger partial charge >= 0.3 is 6.18 Å². The number of nitrogens with one attached hydrogen (secondary N) is 1. The average molecular weight is 355 g/mol. The number of anilines is 1. The van der Waals surface area contributed by atoms with E-state index >= 15 is 0 Å². The van der Waals surface area contributed by atoms with Gasteiger partial charge in [-0.15, -0.1) is 0 Å². The minimum atomic E-state index is -4.38. The largest absolute Gasteiger partial charge is 0.408 e. The van der Waals surface area contributed by atoms with Gasteiger partial charge in [0.05, 0.1) is 0 Å². The molecule has 0 saturated carbocycles. The highest BCUT2D eigenvalue weighted by molar-refractivity contribution is 5.91. The summed E-state index contributed by atoms with van der Waals surface area (Å²) in [5.41, 5.74) is 6.42. The molecule has 0 radical (unpaired) electrons. The van der Waals surface area contributed by atoms with Gasteiger partial charge in [0, 0.05) is 37.6 Å². The minimum Gasteiger partial charge on any atom is -0.370 e. The first-order valence-corrected chi connectivity index (χ1v) is 7.76. The van der Waals surface area contributed by atoms with Gasteiger partial charge in [0.2, 0.25) is 0 Å². The molecule has 2 heterocycles. The Bertz CT molecular complexity index is 692. The molecular weight excluding hydrogens is 335 g/mol. The van der Waals surface area contributed by atoms with Crippen LogP contribution in [0.3, 0.4) is 0 Å². The number of rotatable bonds is 7. The van der Waals surface area contributed by atoms with Crippen molar-refractivity contribution in [3.63, 3.8) is 0 Å². The molecule has 0 aliphatic rings. The third-order valence-corrected chi connectivity index (χ3v) is 3.20. The van der Waals surface area contributed by atoms with Crippen molar-refractivity contribution in [1.82, 2.24) is 19.7 Å². The molecule has 2 aromatic heterocycles. The molecule has 0 saturated heterocycles. The summed E-state index contributed by atoms with van der Waals surface area (Å²) >= 11 is 0. The van der Waals surface area contributed by atoms with Gasteiger partial charge in [-0.3, -0.25) is 4.68 Å². The second-order valence-corrected chi connectivity index (χ2v) is 5.54. The maximum Gasteiger partial charge on any atom is 0.408 e. The van der Waals surface area contributed by atoms with Gasteiger partial charge in [0.15, 0.2) is 11.8 Å². The van der Waals surface area contributed by atoms with Crippen molar-refractivity contribution in [3.8, 4) is 0 Å². The lowest BCUT2D eigenvalue weighted by Gasteiger charge is -2.05. The van der Waals surface area contributed by atoms with Gasteiger partial charge in [-0.25, -0.2) is 15.0 Å². The standard InChI is InChI=1S/C15H20F3N7/c1-11-8-20-12(21-9-11)4-2-3-6-25-7-5-13(24-25)23-14(19)22-10-15(16,17)18/h5,7-9H,2-4,6,10H2,1H3,(H3,19,22,23,24). The topological polar surface area (TPSA) is 94.0 Å². The Kier molecular flexibility index (Phi) is 6.31. The Labute approximate surface area is 143 Å². The van der Waals surface area contributed by atoms with Crippen LogP contribution in [-0.4, -0.2) is 38.4 Å². The number of hydrogen-bond acceptors (Lipinski definition) is 4. The lowest BCUT2D eigenvalue weighted by atomic mass is 10.2. The summed E-state index contributed by atoms with van der Waals surface area (Å²) in [7, 11) is 0. The van der Waals surface area contributed by atoms with Crippen molar-refractivity contribution in [2.45, 2.75) is 38.9 Å². The number of alkyl halides is 3. The van der Waals surface area contributed by atoms with E-state index in [0.717, 1.165) is 30.7 Å². The van der Waals surface area contributed by atoms with Gasteiger partial charge in [0.1, 0.15) is 12.4 Å². The molecule has 0 fully saturated rings. The summed E-state index contributed by atoms with van der Waals surface area (Å²) in [5, 5.41) is 6.72. The predicted molar refractivity (Wildman–Crippen MR) is 88.1 cm³/mol. The average Bonchev–Trinajstić information content (AvgIpc) is 2.98. The van der Waals surface area contributed by atoms with Crippen LogP contribution in [0.1, 0.15) is 24.2 Å². The molecular formula is C15H20F3N7. The fourth-order valence-corrected chi connectivity index (χ4v) is 2.00. The van der Waals surface area contributed by atoms with Crippen molar-refractivity contribution >= 4 is 11.8 Å². The first-order chi connectivity index (χ1) is 11.8. The molecule has 10 heteroatoms. The van der Waals surface area contributed by atoms with Crippen LogP contribution in [-0.2, 0) is 13.0 Å². The van der Waals surface area contributed by atoms with Crippen LogP contribution in [0.4, 0.5) is 19.0 Å². The van der Waals surface area contributed by atoms with Crippen LogP contribution in [0.25, 0.3) is 0 Å². The van der Waals surface area contributed by atoms with Crippen molar-refractivity contribution in [3.05, 3.63) is 36.0 Å². The second-order valence-electron chi connectivity index (χ2n) is 5.54. The number of aromatic nitrogens is 4. The molecule has 2 aromatic rings. The number of aryl methyl sites for hydroxylation is 3. The SMILES string of the molecule is Cc1cnc(CCCCn2ccc(NC(N)=NCC(F)(F)F)n2)nc1. The maximum atomic E-state index is 12.1. The Morgan fingerprint density at radius 3 is 2.68 bits per heavy atom. The second kappa shape index (κ2) is 8.45. The number of aliphatic imine (C=N–C) groups is 1. The Balaban J connectivity index is 1.73. The third-order valence-electron chi connectivity index (χ3n) is 3.20. The summed E-state index contributed by atoms with van der Waals surface area (Å²) in [5.74, 6) is 0.839. The zero-order valence-electron chi connectivity index (χ0n) is 13.8. The molecule has 0 unspecified atom stereocenters. The van der Waals surface area contributed by atoms with Crippen LogP contribution < -0.4 is 11.1 Å². The smallest absolute Gasteiger partial charge is 0.370 e. The first kappa shape index (κ1) is 18.7. The molecule has 25 heavy (non-hydrogen) atoms. The van der Waals surface area contributed by atoms with Crippen LogP contribution in [0.2, 0.25) is 0 Å². The lowest BCUT2D eigenvalue weighted by molar-refractivity contribution is -0.118. The van der Waals surface area contributed by atoms with E-state index in [1.165, 1.54) is 0 Å². The van der Waals surface area contributed by atoms with Crippen molar-refractivity contribution in [2.75, 3.05) is 11.9 Å². The molecule has 2 rings (SSSR count). The molecule has 0 aliphatic heterocycles. The molecule has 0 spiro atoms. The van der Waals surface area contributed by atoms with E-state index in [-0.39, 0.29) is 5.96 Å². The Morgan fingerprint density at radius 2 is 2.00 bits per heavy atom. The summed E-state index contributed by atoms with van der Waals surface area (Å²) < 4.78 is 37.9. The summed E-state index contributed by atoms with van der Waals surface area (Å²) in [6, 6.07) is 1.62. The van der Waals surface area contributed by atoms with Crippen molar-refractivity contribution in [1.29, 1.82) is 0 Å². The summed E-state index contributed by atoms with van der Waals surface area (Å²) in [6.07, 6.45) is 3.48. The fraction of sp³-hybridized carbons (Fsp3) is 0.467. The zero-order valence-corrected chi connectivity index (χ0v) is 13.8. The Morgan fingerprint density at radius 1 is 1.28 bits per heavy atom. The van der Waals surface area contributed by atoms with E-state index < -0.39 is 12.7 Å². The predicted octanol–water partition coefficient (Wildman–Crippen LogP) is 2.29. The number of halogens is 3. The van der Waals surface area contributed by atoms with Gasteiger partial charge in [0.25, 0.3) is 0 Å². The van der Waals surface area contributed by atoms with E-state index in [1.807, 2.05) is 6.92 Å². The zero-order chi connectivity index (χ0) is 18.3. The summed E-state index contributed by atoms with van der Waals surface area (Å²) in [4.78, 5) is 11.7. The molecule has 136 valence electrons. The number of guanidine groups is 1. The normalized spacial score (nSPS) is 12.4. The highest BCUT2D eigenvalue weighted by Crippen LogP contribution is 2.14. The molecule has 7 nitrogen and oxygen atoms in total. The first-order valence-electron chi connectivity index (χ1n) is 7.76. The van der Waals surface area contributed by atoms with Gasteiger partial charge in [-0.1, -0.05) is 0 Å². The van der Waals surface area contributed by atoms with Crippen LogP contribution in [0.5, 0.6) is 0 Å². The molecule has 0 atom stereocenters. The van der Waals surface area contributed by atoms with Crippen molar-refractivity contribution < 1.29 is 13.2 Å². The van der Waals surface area contributed by atoms with E-state index in [4.69, 9.17) is 5.73 Å². The lowest BCUT2D eigenvalue weighted by Crippen LogP contribution is -2.25. The summed E-state index contributed by atoms with van der Waals surface area (Å²) in [6.45, 7) is 1.29. The van der Waals surface area contributed by atoms with E-state index in [9.17, 15) is 13.2 Å². The van der Waals surface area contributed by atoms with Crippen molar-refractivity contribution in [2.24, 2.45) is 10.7 Å². The van der Waals surface area contributed by atoms with Crippen LogP contribution in [0, 0.1) is 6.92 Å². The van der Waals surface area contributed by atoms with Gasteiger partial charge in [-0.05, 0) is 25.3 Å². The monoisotopic (exact) mass is 355 g/mol. The van der Waals surface area contributed by atoms with Gasteiger partial charge in [-0.2, -0.15) is 18.3 Å². The Hall–Kier alpha value is -2.65. The molecule has 3 N–H and O–H groups in total. The quantitative estimate of drug-likeness (QED) is 0.451. The molecule has 0 bridgehead atoms. The molecule has 0 aliphatic carbocycles. The maximum absolute atomic E-state index is 12.1. The number of hydrogen-bond donors (Lipinski definition) is 2. The minimum absolute atomic E-state index is 0.320. The highest BCUT2D eigenvalue weighted by Gasteiger charge is 2.26. The van der Waals surface area contributed by atoms with E-state index in [1.54, 1.807) is 29.3 Å². The number of unbranched alkanes of at least 4 members (excludes halogenated alkanes) is 1. The number of nitrogens with two attached hydrogens (primary N) is 1. The fourth-order valence-electron chi connectivity index (χ4n) is 2.00. The van der Waals surface area contributed by atoms with Gasteiger partial charge < -0.3 is 11.1 Å². The van der Waals surface area contributed by atoms with Crippen LogP contribution >= 0.6 is 0 Å².